The first kappa shape index (κ1) is 22.8. The number of hydrogen-bond donors (Lipinski definition) is 1. The molecule has 0 unspecified atom stereocenters. The topological polar surface area (TPSA) is 100 Å². The number of tetrazole rings is 1. The van der Waals surface area contributed by atoms with E-state index < -0.39 is 11.7 Å². The molecule has 0 aliphatic carbocycles. The minimum Gasteiger partial charge on any atom is -0.335 e. The molecule has 12 heteroatoms. The lowest BCUT2D eigenvalue weighted by atomic mass is 9.87. The molecule has 0 radical (unpaired) electrons. The van der Waals surface area contributed by atoms with Crippen LogP contribution in [0.5, 0.6) is 0 Å². The molecule has 0 saturated carbocycles. The largest absolute Gasteiger partial charge is 0.416 e. The van der Waals surface area contributed by atoms with E-state index in [4.69, 9.17) is 5.84 Å². The summed E-state index contributed by atoms with van der Waals surface area (Å²) < 4.78 is 41.2. The van der Waals surface area contributed by atoms with Gasteiger partial charge in [0, 0.05) is 5.56 Å². The lowest BCUT2D eigenvalue weighted by Crippen LogP contribution is -2.13. The van der Waals surface area contributed by atoms with Crippen molar-refractivity contribution in [2.75, 3.05) is 5.84 Å². The van der Waals surface area contributed by atoms with Crippen molar-refractivity contribution in [1.29, 1.82) is 0 Å². The lowest BCUT2D eigenvalue weighted by molar-refractivity contribution is -0.137. The van der Waals surface area contributed by atoms with Crippen molar-refractivity contribution < 1.29 is 13.2 Å². The number of alkyl halides is 3. The van der Waals surface area contributed by atoms with Gasteiger partial charge in [-0.1, -0.05) is 56.8 Å². The second-order valence-corrected chi connectivity index (χ2v) is 9.29. The molecule has 0 bridgehead atoms. The van der Waals surface area contributed by atoms with Crippen LogP contribution in [0.2, 0.25) is 0 Å². The third-order valence-electron chi connectivity index (χ3n) is 4.98. The minimum absolute atomic E-state index is 0.0347. The summed E-state index contributed by atoms with van der Waals surface area (Å²) in [6.45, 7) is 6.42. The van der Waals surface area contributed by atoms with Crippen LogP contribution in [0.25, 0.3) is 17.1 Å². The normalized spacial score (nSPS) is 12.3. The first-order chi connectivity index (χ1) is 15.5. The van der Waals surface area contributed by atoms with Crippen LogP contribution in [0.1, 0.15) is 37.7 Å². The maximum Gasteiger partial charge on any atom is 0.416 e. The van der Waals surface area contributed by atoms with Gasteiger partial charge in [0.15, 0.2) is 11.6 Å². The first-order valence-electron chi connectivity index (χ1n) is 9.93. The molecule has 0 amide bonds. The van der Waals surface area contributed by atoms with Gasteiger partial charge in [-0.25, -0.2) is 4.68 Å². The SMILES string of the molecule is CC(C)(C)c1ccc(-c2nnc(SCc3nnnn3-c3ccc(C(F)(F)F)cc3)n2N)cc1. The summed E-state index contributed by atoms with van der Waals surface area (Å²) >= 11 is 1.26. The quantitative estimate of drug-likeness (QED) is 0.341. The number of nitrogen functional groups attached to an aromatic ring is 1. The van der Waals surface area contributed by atoms with Gasteiger partial charge in [0.05, 0.1) is 17.0 Å². The fourth-order valence-electron chi connectivity index (χ4n) is 3.11. The summed E-state index contributed by atoms with van der Waals surface area (Å²) in [7, 11) is 0. The number of benzene rings is 2. The van der Waals surface area contributed by atoms with E-state index in [1.54, 1.807) is 0 Å². The average Bonchev–Trinajstić information content (AvgIpc) is 3.37. The predicted octanol–water partition coefficient (Wildman–Crippen LogP) is 4.24. The van der Waals surface area contributed by atoms with Crippen molar-refractivity contribution in [3.05, 3.63) is 65.5 Å². The summed E-state index contributed by atoms with van der Waals surface area (Å²) in [6.07, 6.45) is -4.41. The zero-order valence-electron chi connectivity index (χ0n) is 18.1. The number of nitrogens with zero attached hydrogens (tertiary/aromatic N) is 7. The molecule has 0 spiro atoms. The second-order valence-electron chi connectivity index (χ2n) is 8.34. The van der Waals surface area contributed by atoms with Crippen LogP contribution < -0.4 is 5.84 Å². The summed E-state index contributed by atoms with van der Waals surface area (Å²) in [5.74, 6) is 7.44. The van der Waals surface area contributed by atoms with Crippen molar-refractivity contribution in [3.63, 3.8) is 0 Å². The fraction of sp³-hybridized carbons (Fsp3) is 0.286. The molecule has 2 aromatic carbocycles. The molecule has 2 aromatic heterocycles. The third kappa shape index (κ3) is 4.85. The molecule has 0 atom stereocenters. The van der Waals surface area contributed by atoms with Crippen LogP contribution in [0.3, 0.4) is 0 Å². The van der Waals surface area contributed by atoms with E-state index in [2.05, 4.69) is 46.5 Å². The molecule has 0 saturated heterocycles. The van der Waals surface area contributed by atoms with Gasteiger partial charge in [0.1, 0.15) is 0 Å². The van der Waals surface area contributed by atoms with E-state index in [-0.39, 0.29) is 11.2 Å². The standard InChI is InChI=1S/C21H21F3N8S/c1-20(2,3)14-6-4-13(5-7-14)18-27-28-19(31(18)25)33-12-17-26-29-30-32(17)16-10-8-15(9-11-16)21(22,23)24/h4-11H,12,25H2,1-3H3. The van der Waals surface area contributed by atoms with Crippen molar-refractivity contribution in [2.24, 2.45) is 0 Å². The van der Waals surface area contributed by atoms with E-state index in [0.717, 1.165) is 17.7 Å². The number of hydrogen-bond acceptors (Lipinski definition) is 7. The van der Waals surface area contributed by atoms with Gasteiger partial charge in [-0.2, -0.15) is 17.9 Å². The number of thioether (sulfide) groups is 1. The molecule has 0 aliphatic heterocycles. The number of aromatic nitrogens is 7. The Morgan fingerprint density at radius 3 is 2.12 bits per heavy atom. The molecule has 8 nitrogen and oxygen atoms in total. The van der Waals surface area contributed by atoms with Crippen molar-refractivity contribution in [3.8, 4) is 17.1 Å². The highest BCUT2D eigenvalue weighted by Crippen LogP contribution is 2.30. The highest BCUT2D eigenvalue weighted by Gasteiger charge is 2.30. The summed E-state index contributed by atoms with van der Waals surface area (Å²) in [4.78, 5) is 0. The Morgan fingerprint density at radius 2 is 1.52 bits per heavy atom. The van der Waals surface area contributed by atoms with Crippen LogP contribution in [0, 0.1) is 0 Å². The van der Waals surface area contributed by atoms with Crippen LogP contribution in [0.4, 0.5) is 13.2 Å². The predicted molar refractivity (Wildman–Crippen MR) is 118 cm³/mol. The summed E-state index contributed by atoms with van der Waals surface area (Å²) in [5, 5.41) is 20.3. The lowest BCUT2D eigenvalue weighted by Gasteiger charge is -2.19. The van der Waals surface area contributed by atoms with Crippen molar-refractivity contribution in [1.82, 2.24) is 35.1 Å². The molecule has 4 rings (SSSR count). The number of rotatable bonds is 5. The summed E-state index contributed by atoms with van der Waals surface area (Å²) in [5.41, 5.74) is 1.73. The zero-order valence-corrected chi connectivity index (χ0v) is 18.9. The average molecular weight is 475 g/mol. The van der Waals surface area contributed by atoms with Crippen molar-refractivity contribution >= 4 is 11.8 Å². The van der Waals surface area contributed by atoms with Gasteiger partial charge in [-0.15, -0.1) is 15.3 Å². The molecule has 172 valence electrons. The van der Waals surface area contributed by atoms with Crippen molar-refractivity contribution in [2.45, 2.75) is 43.3 Å². The van der Waals surface area contributed by atoms with Gasteiger partial charge in [0.25, 0.3) is 0 Å². The highest BCUT2D eigenvalue weighted by molar-refractivity contribution is 7.98. The first-order valence-corrected chi connectivity index (χ1v) is 10.9. The van der Waals surface area contributed by atoms with Crippen LogP contribution in [-0.4, -0.2) is 35.1 Å². The van der Waals surface area contributed by atoms with E-state index in [1.807, 2.05) is 24.3 Å². The van der Waals surface area contributed by atoms with Crippen LogP contribution in [-0.2, 0) is 17.3 Å². The molecule has 0 fully saturated rings. The van der Waals surface area contributed by atoms with Gasteiger partial charge < -0.3 is 5.84 Å². The smallest absolute Gasteiger partial charge is 0.335 e. The van der Waals surface area contributed by atoms with Crippen LogP contribution in [0.15, 0.2) is 53.7 Å². The van der Waals surface area contributed by atoms with E-state index in [1.165, 1.54) is 38.8 Å². The molecule has 2 heterocycles. The maximum atomic E-state index is 12.8. The van der Waals surface area contributed by atoms with Gasteiger partial charge in [0.2, 0.25) is 5.16 Å². The molecule has 4 aromatic rings. The Morgan fingerprint density at radius 1 is 0.879 bits per heavy atom. The molecule has 2 N–H and O–H groups in total. The Labute approximate surface area is 192 Å². The highest BCUT2D eigenvalue weighted by atomic mass is 32.2. The number of halogens is 3. The van der Waals surface area contributed by atoms with Crippen LogP contribution >= 0.6 is 11.8 Å². The van der Waals surface area contributed by atoms with E-state index >= 15 is 0 Å². The Balaban J connectivity index is 1.49. The molecule has 33 heavy (non-hydrogen) atoms. The second kappa shape index (κ2) is 8.50. The Hall–Kier alpha value is -3.41. The molecular formula is C21H21F3N8S. The molecule has 0 aliphatic rings. The monoisotopic (exact) mass is 474 g/mol. The van der Waals surface area contributed by atoms with Gasteiger partial charge in [-0.3, -0.25) is 0 Å². The van der Waals surface area contributed by atoms with Gasteiger partial charge >= 0.3 is 6.18 Å². The van der Waals surface area contributed by atoms with Gasteiger partial charge in [-0.05, 0) is 45.7 Å². The van der Waals surface area contributed by atoms with E-state index in [0.29, 0.717) is 22.5 Å². The molecular weight excluding hydrogens is 453 g/mol. The third-order valence-corrected chi connectivity index (χ3v) is 5.92. The number of nitrogens with two attached hydrogens (primary N) is 1. The fourth-order valence-corrected chi connectivity index (χ4v) is 3.87. The summed E-state index contributed by atoms with van der Waals surface area (Å²) in [6, 6.07) is 12.6. The zero-order chi connectivity index (χ0) is 23.8. The Bertz CT molecular complexity index is 1240. The maximum absolute atomic E-state index is 12.8. The Kier molecular flexibility index (Phi) is 5.87. The van der Waals surface area contributed by atoms with E-state index in [9.17, 15) is 13.2 Å². The minimum atomic E-state index is -4.41.